The minimum absolute atomic E-state index is 0.587. The van der Waals surface area contributed by atoms with E-state index in [-0.39, 0.29) is 0 Å². The zero-order valence-corrected chi connectivity index (χ0v) is 10.3. The highest BCUT2D eigenvalue weighted by atomic mass is 15.3. The monoisotopic (exact) mass is 233 g/mol. The third-order valence-corrected chi connectivity index (χ3v) is 3.59. The van der Waals surface area contributed by atoms with Crippen LogP contribution in [0.1, 0.15) is 24.5 Å². The van der Waals surface area contributed by atoms with E-state index < -0.39 is 0 Å². The Hall–Kier alpha value is -1.36. The van der Waals surface area contributed by atoms with Gasteiger partial charge in [0.1, 0.15) is 0 Å². The molecule has 3 rings (SSSR count). The number of hydrogen-bond acceptors (Lipinski definition) is 5. The van der Waals surface area contributed by atoms with Gasteiger partial charge in [0, 0.05) is 32.1 Å². The number of likely N-dealkylation sites (N-methyl/N-ethyl adjacent to an activating group) is 1. The van der Waals surface area contributed by atoms with Crippen LogP contribution in [-0.4, -0.2) is 48.1 Å². The molecule has 1 saturated carbocycles. The average molecular weight is 233 g/mol. The highest BCUT2D eigenvalue weighted by Crippen LogP contribution is 2.41. The number of rotatable bonds is 2. The molecule has 92 valence electrons. The maximum absolute atomic E-state index is 5.93. The molecule has 1 aliphatic heterocycles. The number of hydrogen-bond donors (Lipinski definition) is 1. The Balaban J connectivity index is 1.80. The first-order valence-electron chi connectivity index (χ1n) is 6.30. The molecule has 0 radical (unpaired) electrons. The quantitative estimate of drug-likeness (QED) is 0.814. The van der Waals surface area contributed by atoms with Gasteiger partial charge in [-0.1, -0.05) is 0 Å². The van der Waals surface area contributed by atoms with Crippen LogP contribution in [0.4, 0.5) is 11.6 Å². The predicted molar refractivity (Wildman–Crippen MR) is 68.1 cm³/mol. The zero-order chi connectivity index (χ0) is 11.8. The first kappa shape index (κ1) is 10.8. The van der Waals surface area contributed by atoms with Gasteiger partial charge in [-0.05, 0) is 19.9 Å². The molecular weight excluding hydrogens is 214 g/mol. The van der Waals surface area contributed by atoms with Gasteiger partial charge < -0.3 is 15.5 Å². The van der Waals surface area contributed by atoms with Gasteiger partial charge in [0.15, 0.2) is 0 Å². The number of anilines is 2. The van der Waals surface area contributed by atoms with Gasteiger partial charge in [0.05, 0.1) is 17.6 Å². The summed E-state index contributed by atoms with van der Waals surface area (Å²) in [6.45, 7) is 4.16. The van der Waals surface area contributed by atoms with Crippen molar-refractivity contribution in [3.05, 3.63) is 11.9 Å². The Morgan fingerprint density at radius 1 is 1.24 bits per heavy atom. The Labute approximate surface area is 102 Å². The van der Waals surface area contributed by atoms with Gasteiger partial charge in [0.25, 0.3) is 0 Å². The standard InChI is InChI=1S/C12H19N5/c1-16-4-6-17(7-5-16)12-14-8-10(13)11(15-12)9-2-3-9/h8-9H,2-7,13H2,1H3. The molecule has 0 bridgehead atoms. The molecule has 0 unspecified atom stereocenters. The fourth-order valence-electron chi connectivity index (χ4n) is 2.24. The van der Waals surface area contributed by atoms with E-state index in [1.54, 1.807) is 6.20 Å². The van der Waals surface area contributed by atoms with Crippen LogP contribution < -0.4 is 10.6 Å². The van der Waals surface area contributed by atoms with Gasteiger partial charge >= 0.3 is 0 Å². The Kier molecular flexibility index (Phi) is 2.63. The van der Waals surface area contributed by atoms with Crippen molar-refractivity contribution in [2.24, 2.45) is 0 Å². The summed E-state index contributed by atoms with van der Waals surface area (Å²) in [5.74, 6) is 1.44. The summed E-state index contributed by atoms with van der Waals surface area (Å²) in [5.41, 5.74) is 7.75. The molecule has 1 aromatic rings. The fraction of sp³-hybridized carbons (Fsp3) is 0.667. The van der Waals surface area contributed by atoms with Crippen molar-refractivity contribution >= 4 is 11.6 Å². The number of nitrogens with zero attached hydrogens (tertiary/aromatic N) is 4. The molecule has 0 amide bonds. The van der Waals surface area contributed by atoms with Crippen LogP contribution in [0.25, 0.3) is 0 Å². The van der Waals surface area contributed by atoms with Gasteiger partial charge in [0.2, 0.25) is 5.95 Å². The first-order valence-corrected chi connectivity index (χ1v) is 6.30. The molecule has 2 N–H and O–H groups in total. The molecule has 0 spiro atoms. The largest absolute Gasteiger partial charge is 0.396 e. The molecule has 0 atom stereocenters. The number of nitrogens with two attached hydrogens (primary N) is 1. The Bertz CT molecular complexity index is 407. The zero-order valence-electron chi connectivity index (χ0n) is 10.3. The molecule has 5 nitrogen and oxygen atoms in total. The number of aromatic nitrogens is 2. The second-order valence-corrected chi connectivity index (χ2v) is 5.08. The second-order valence-electron chi connectivity index (χ2n) is 5.08. The first-order chi connectivity index (χ1) is 8.24. The molecule has 2 heterocycles. The van der Waals surface area contributed by atoms with Crippen LogP contribution in [0.15, 0.2) is 6.20 Å². The summed E-state index contributed by atoms with van der Waals surface area (Å²) in [6, 6.07) is 0. The third kappa shape index (κ3) is 2.20. The summed E-state index contributed by atoms with van der Waals surface area (Å²) in [6.07, 6.45) is 4.22. The van der Waals surface area contributed by atoms with Crippen LogP contribution >= 0.6 is 0 Å². The molecule has 2 aliphatic rings. The summed E-state index contributed by atoms with van der Waals surface area (Å²) in [7, 11) is 2.15. The van der Waals surface area contributed by atoms with E-state index in [1.807, 2.05) is 0 Å². The SMILES string of the molecule is CN1CCN(c2ncc(N)c(C3CC3)n2)CC1. The predicted octanol–water partition coefficient (Wildman–Crippen LogP) is 0.688. The lowest BCUT2D eigenvalue weighted by Gasteiger charge is -2.32. The maximum atomic E-state index is 5.93. The van der Waals surface area contributed by atoms with Gasteiger partial charge in [-0.15, -0.1) is 0 Å². The van der Waals surface area contributed by atoms with Crippen LogP contribution in [0, 0.1) is 0 Å². The molecular formula is C12H19N5. The maximum Gasteiger partial charge on any atom is 0.225 e. The van der Waals surface area contributed by atoms with Crippen molar-refractivity contribution in [1.82, 2.24) is 14.9 Å². The van der Waals surface area contributed by atoms with E-state index in [1.165, 1.54) is 12.8 Å². The lowest BCUT2D eigenvalue weighted by molar-refractivity contribution is 0.311. The van der Waals surface area contributed by atoms with Gasteiger partial charge in [-0.3, -0.25) is 0 Å². The summed E-state index contributed by atoms with van der Waals surface area (Å²) < 4.78 is 0. The van der Waals surface area contributed by atoms with E-state index >= 15 is 0 Å². The highest BCUT2D eigenvalue weighted by Gasteiger charge is 2.28. The summed E-state index contributed by atoms with van der Waals surface area (Å²) in [5, 5.41) is 0. The Morgan fingerprint density at radius 3 is 2.59 bits per heavy atom. The highest BCUT2D eigenvalue weighted by molar-refractivity contribution is 5.48. The van der Waals surface area contributed by atoms with Crippen molar-refractivity contribution in [2.75, 3.05) is 43.9 Å². The molecule has 0 aromatic carbocycles. The van der Waals surface area contributed by atoms with Crippen LogP contribution in [0.5, 0.6) is 0 Å². The lowest BCUT2D eigenvalue weighted by atomic mass is 10.2. The van der Waals surface area contributed by atoms with Gasteiger partial charge in [-0.2, -0.15) is 0 Å². The Morgan fingerprint density at radius 2 is 1.94 bits per heavy atom. The minimum atomic E-state index is 0.587. The van der Waals surface area contributed by atoms with Crippen LogP contribution in [0.3, 0.4) is 0 Å². The van der Waals surface area contributed by atoms with Gasteiger partial charge in [-0.25, -0.2) is 9.97 Å². The van der Waals surface area contributed by atoms with Crippen molar-refractivity contribution < 1.29 is 0 Å². The van der Waals surface area contributed by atoms with Crippen molar-refractivity contribution in [3.8, 4) is 0 Å². The number of nitrogen functional groups attached to an aromatic ring is 1. The van der Waals surface area contributed by atoms with Crippen molar-refractivity contribution in [2.45, 2.75) is 18.8 Å². The van der Waals surface area contributed by atoms with E-state index in [0.29, 0.717) is 5.92 Å². The average Bonchev–Trinajstić information content (AvgIpc) is 3.15. The fourth-order valence-corrected chi connectivity index (χ4v) is 2.24. The molecule has 1 aromatic heterocycles. The molecule has 1 saturated heterocycles. The van der Waals surface area contributed by atoms with E-state index in [9.17, 15) is 0 Å². The van der Waals surface area contributed by atoms with E-state index in [4.69, 9.17) is 5.73 Å². The third-order valence-electron chi connectivity index (χ3n) is 3.59. The van der Waals surface area contributed by atoms with E-state index in [2.05, 4.69) is 26.8 Å². The van der Waals surface area contributed by atoms with E-state index in [0.717, 1.165) is 43.5 Å². The second kappa shape index (κ2) is 4.14. The lowest BCUT2D eigenvalue weighted by Crippen LogP contribution is -2.45. The van der Waals surface area contributed by atoms with Crippen molar-refractivity contribution in [3.63, 3.8) is 0 Å². The smallest absolute Gasteiger partial charge is 0.225 e. The van der Waals surface area contributed by atoms with Crippen LogP contribution in [0.2, 0.25) is 0 Å². The number of piperazine rings is 1. The minimum Gasteiger partial charge on any atom is -0.396 e. The topological polar surface area (TPSA) is 58.3 Å². The molecule has 5 heteroatoms. The summed E-state index contributed by atoms with van der Waals surface area (Å²) in [4.78, 5) is 13.6. The summed E-state index contributed by atoms with van der Waals surface area (Å²) >= 11 is 0. The molecule has 17 heavy (non-hydrogen) atoms. The molecule has 1 aliphatic carbocycles. The van der Waals surface area contributed by atoms with Crippen molar-refractivity contribution in [1.29, 1.82) is 0 Å². The normalized spacial score (nSPS) is 21.8. The van der Waals surface area contributed by atoms with Crippen LogP contribution in [-0.2, 0) is 0 Å². The molecule has 2 fully saturated rings.